The zero-order chi connectivity index (χ0) is 15.6. The lowest BCUT2D eigenvalue weighted by Crippen LogP contribution is -2.32. The standard InChI is InChI=1S/C18H22N2O2/c1-2-15-8-10-16(11-9-15)20-14-18(21)19-12-13-22-17-6-4-3-5-7-17/h3-11,20H,2,12-14H2,1H3,(H,19,21). The first-order chi connectivity index (χ1) is 10.8. The van der Waals surface area contributed by atoms with Crippen molar-refractivity contribution < 1.29 is 9.53 Å². The molecule has 0 radical (unpaired) electrons. The SMILES string of the molecule is CCc1ccc(NCC(=O)NCCOc2ccccc2)cc1. The highest BCUT2D eigenvalue weighted by Crippen LogP contribution is 2.09. The van der Waals surface area contributed by atoms with Crippen molar-refractivity contribution in [1.82, 2.24) is 5.32 Å². The number of carbonyl (C=O) groups excluding carboxylic acids is 1. The molecule has 0 atom stereocenters. The van der Waals surface area contributed by atoms with E-state index in [4.69, 9.17) is 4.74 Å². The Kier molecular flexibility index (Phi) is 6.30. The molecule has 1 amide bonds. The van der Waals surface area contributed by atoms with Crippen molar-refractivity contribution in [3.05, 3.63) is 60.2 Å². The van der Waals surface area contributed by atoms with E-state index in [1.54, 1.807) is 0 Å². The largest absolute Gasteiger partial charge is 0.492 e. The third kappa shape index (κ3) is 5.48. The predicted molar refractivity (Wildman–Crippen MR) is 89.3 cm³/mol. The summed E-state index contributed by atoms with van der Waals surface area (Å²) in [5, 5.41) is 5.92. The Labute approximate surface area is 131 Å². The van der Waals surface area contributed by atoms with Gasteiger partial charge in [-0.1, -0.05) is 37.3 Å². The lowest BCUT2D eigenvalue weighted by Gasteiger charge is -2.09. The maximum Gasteiger partial charge on any atom is 0.239 e. The molecule has 2 aromatic carbocycles. The third-order valence-corrected chi connectivity index (χ3v) is 3.25. The Morgan fingerprint density at radius 3 is 2.45 bits per heavy atom. The van der Waals surface area contributed by atoms with Crippen LogP contribution in [-0.4, -0.2) is 25.6 Å². The number of amides is 1. The van der Waals surface area contributed by atoms with Crippen LogP contribution in [0.25, 0.3) is 0 Å². The fourth-order valence-electron chi connectivity index (χ4n) is 1.98. The van der Waals surface area contributed by atoms with Crippen LogP contribution in [0.5, 0.6) is 5.75 Å². The predicted octanol–water partition coefficient (Wildman–Crippen LogP) is 2.86. The summed E-state index contributed by atoms with van der Waals surface area (Å²) in [4.78, 5) is 11.7. The van der Waals surface area contributed by atoms with Gasteiger partial charge in [0.25, 0.3) is 0 Å². The minimum absolute atomic E-state index is 0.0452. The summed E-state index contributed by atoms with van der Waals surface area (Å²) in [6.07, 6.45) is 1.02. The molecule has 0 fully saturated rings. The smallest absolute Gasteiger partial charge is 0.239 e. The molecule has 0 aliphatic rings. The summed E-state index contributed by atoms with van der Waals surface area (Å²) < 4.78 is 5.51. The molecule has 2 N–H and O–H groups in total. The van der Waals surface area contributed by atoms with Crippen LogP contribution in [0.1, 0.15) is 12.5 Å². The second-order valence-electron chi connectivity index (χ2n) is 4.92. The number of ether oxygens (including phenoxy) is 1. The Bertz CT molecular complexity index is 567. The van der Waals surface area contributed by atoms with Crippen molar-refractivity contribution in [1.29, 1.82) is 0 Å². The molecule has 0 bridgehead atoms. The molecule has 0 unspecified atom stereocenters. The van der Waals surface area contributed by atoms with E-state index in [0.29, 0.717) is 13.2 Å². The van der Waals surface area contributed by atoms with Gasteiger partial charge in [-0.15, -0.1) is 0 Å². The van der Waals surface area contributed by atoms with Crippen LogP contribution >= 0.6 is 0 Å². The van der Waals surface area contributed by atoms with Crippen LogP contribution in [0.2, 0.25) is 0 Å². The van der Waals surface area contributed by atoms with Crippen LogP contribution in [0.15, 0.2) is 54.6 Å². The normalized spacial score (nSPS) is 10.0. The highest BCUT2D eigenvalue weighted by Gasteiger charge is 2.01. The van der Waals surface area contributed by atoms with Gasteiger partial charge >= 0.3 is 0 Å². The number of hydrogen-bond donors (Lipinski definition) is 2. The number of anilines is 1. The Morgan fingerprint density at radius 1 is 1.05 bits per heavy atom. The first-order valence-corrected chi connectivity index (χ1v) is 7.55. The monoisotopic (exact) mass is 298 g/mol. The summed E-state index contributed by atoms with van der Waals surface area (Å²) in [7, 11) is 0. The zero-order valence-corrected chi connectivity index (χ0v) is 12.8. The molecule has 4 nitrogen and oxygen atoms in total. The molecule has 116 valence electrons. The summed E-state index contributed by atoms with van der Waals surface area (Å²) in [5.41, 5.74) is 2.24. The van der Waals surface area contributed by atoms with Crippen LogP contribution in [0.3, 0.4) is 0 Å². The summed E-state index contributed by atoms with van der Waals surface area (Å²) in [6, 6.07) is 17.7. The molecule has 2 aromatic rings. The van der Waals surface area contributed by atoms with Gasteiger partial charge in [-0.2, -0.15) is 0 Å². The average Bonchev–Trinajstić information content (AvgIpc) is 2.58. The van der Waals surface area contributed by atoms with Crippen LogP contribution in [-0.2, 0) is 11.2 Å². The van der Waals surface area contributed by atoms with Gasteiger partial charge < -0.3 is 15.4 Å². The van der Waals surface area contributed by atoms with E-state index in [9.17, 15) is 4.79 Å². The first kappa shape index (κ1) is 15.9. The molecule has 0 spiro atoms. The number of benzene rings is 2. The molecule has 0 saturated heterocycles. The van der Waals surface area contributed by atoms with Crippen molar-refractivity contribution >= 4 is 11.6 Å². The maximum atomic E-state index is 11.7. The molecule has 0 aliphatic carbocycles. The van der Waals surface area contributed by atoms with Crippen molar-refractivity contribution in [2.75, 3.05) is 25.0 Å². The fourth-order valence-corrected chi connectivity index (χ4v) is 1.98. The van der Waals surface area contributed by atoms with Gasteiger partial charge in [0.2, 0.25) is 5.91 Å². The van der Waals surface area contributed by atoms with Gasteiger partial charge in [0, 0.05) is 5.69 Å². The van der Waals surface area contributed by atoms with Crippen LogP contribution < -0.4 is 15.4 Å². The molecule has 2 rings (SSSR count). The number of nitrogens with one attached hydrogen (secondary N) is 2. The van der Waals surface area contributed by atoms with Gasteiger partial charge in [0.15, 0.2) is 0 Å². The maximum absolute atomic E-state index is 11.7. The molecule has 4 heteroatoms. The summed E-state index contributed by atoms with van der Waals surface area (Å²) in [5.74, 6) is 0.766. The summed E-state index contributed by atoms with van der Waals surface area (Å²) >= 11 is 0. The van der Waals surface area contributed by atoms with Crippen molar-refractivity contribution in [2.24, 2.45) is 0 Å². The molecule has 22 heavy (non-hydrogen) atoms. The van der Waals surface area contributed by atoms with E-state index < -0.39 is 0 Å². The number of carbonyl (C=O) groups is 1. The third-order valence-electron chi connectivity index (χ3n) is 3.25. The van der Waals surface area contributed by atoms with E-state index in [0.717, 1.165) is 17.9 Å². The highest BCUT2D eigenvalue weighted by atomic mass is 16.5. The van der Waals surface area contributed by atoms with Crippen molar-refractivity contribution in [2.45, 2.75) is 13.3 Å². The van der Waals surface area contributed by atoms with E-state index in [2.05, 4.69) is 29.7 Å². The van der Waals surface area contributed by atoms with E-state index >= 15 is 0 Å². The molecule has 0 aliphatic heterocycles. The Balaban J connectivity index is 1.61. The average molecular weight is 298 g/mol. The first-order valence-electron chi connectivity index (χ1n) is 7.55. The number of aryl methyl sites for hydroxylation is 1. The number of hydrogen-bond acceptors (Lipinski definition) is 3. The van der Waals surface area contributed by atoms with Crippen molar-refractivity contribution in [3.63, 3.8) is 0 Å². The minimum Gasteiger partial charge on any atom is -0.492 e. The lowest BCUT2D eigenvalue weighted by atomic mass is 10.1. The van der Waals surface area contributed by atoms with Crippen LogP contribution in [0.4, 0.5) is 5.69 Å². The second kappa shape index (κ2) is 8.72. The zero-order valence-electron chi connectivity index (χ0n) is 12.8. The van der Waals surface area contributed by atoms with Gasteiger partial charge in [0.05, 0.1) is 13.1 Å². The van der Waals surface area contributed by atoms with E-state index in [1.165, 1.54) is 5.56 Å². The van der Waals surface area contributed by atoms with Crippen LogP contribution in [0, 0.1) is 0 Å². The lowest BCUT2D eigenvalue weighted by molar-refractivity contribution is -0.119. The van der Waals surface area contributed by atoms with Gasteiger partial charge in [-0.3, -0.25) is 4.79 Å². The number of rotatable bonds is 8. The quantitative estimate of drug-likeness (QED) is 0.737. The Morgan fingerprint density at radius 2 is 1.77 bits per heavy atom. The highest BCUT2D eigenvalue weighted by molar-refractivity contribution is 5.80. The van der Waals surface area contributed by atoms with E-state index in [1.807, 2.05) is 42.5 Å². The van der Waals surface area contributed by atoms with Gasteiger partial charge in [0.1, 0.15) is 12.4 Å². The molecular formula is C18H22N2O2. The van der Waals surface area contributed by atoms with E-state index in [-0.39, 0.29) is 12.5 Å². The fraction of sp³-hybridized carbons (Fsp3) is 0.278. The topological polar surface area (TPSA) is 50.4 Å². The second-order valence-corrected chi connectivity index (χ2v) is 4.92. The molecule has 0 aromatic heterocycles. The van der Waals surface area contributed by atoms with Crippen molar-refractivity contribution in [3.8, 4) is 5.75 Å². The van der Waals surface area contributed by atoms with Gasteiger partial charge in [-0.25, -0.2) is 0 Å². The number of para-hydroxylation sites is 1. The Hall–Kier alpha value is -2.49. The van der Waals surface area contributed by atoms with Gasteiger partial charge in [-0.05, 0) is 36.2 Å². The minimum atomic E-state index is -0.0452. The summed E-state index contributed by atoms with van der Waals surface area (Å²) in [6.45, 7) is 3.33. The molecular weight excluding hydrogens is 276 g/mol. The molecule has 0 saturated carbocycles. The molecule has 0 heterocycles.